The SMILES string of the molecule is CN1CCN(C(CCC(N)=O)c2ccc(-c3ccccc3C#N)nc2NCCc2cccc(F)c2)CC1. The van der Waals surface area contributed by atoms with Gasteiger partial charge in [0.05, 0.1) is 17.3 Å². The van der Waals surface area contributed by atoms with E-state index in [0.717, 1.165) is 42.9 Å². The van der Waals surface area contributed by atoms with Gasteiger partial charge in [0, 0.05) is 56.3 Å². The summed E-state index contributed by atoms with van der Waals surface area (Å²) in [7, 11) is 2.11. The number of nitrogens with two attached hydrogens (primary N) is 1. The Morgan fingerprint density at radius 1 is 1.14 bits per heavy atom. The minimum atomic E-state index is -0.327. The van der Waals surface area contributed by atoms with Gasteiger partial charge in [0.25, 0.3) is 0 Å². The fourth-order valence-electron chi connectivity index (χ4n) is 4.80. The molecule has 8 heteroatoms. The second-order valence-corrected chi connectivity index (χ2v) is 9.46. The smallest absolute Gasteiger partial charge is 0.217 e. The molecule has 7 nitrogen and oxygen atoms in total. The van der Waals surface area contributed by atoms with Crippen LogP contribution in [0.1, 0.15) is 35.6 Å². The molecule has 3 N–H and O–H groups in total. The van der Waals surface area contributed by atoms with Crippen LogP contribution < -0.4 is 11.1 Å². The lowest BCUT2D eigenvalue weighted by atomic mass is 9.97. The molecule has 3 aromatic rings. The van der Waals surface area contributed by atoms with Crippen molar-refractivity contribution in [3.63, 3.8) is 0 Å². The summed E-state index contributed by atoms with van der Waals surface area (Å²) in [5.41, 5.74) is 9.43. The second kappa shape index (κ2) is 12.4. The highest BCUT2D eigenvalue weighted by molar-refractivity contribution is 5.74. The zero-order valence-corrected chi connectivity index (χ0v) is 21.2. The molecule has 0 saturated carbocycles. The van der Waals surface area contributed by atoms with Crippen molar-refractivity contribution < 1.29 is 9.18 Å². The number of rotatable bonds is 10. The van der Waals surface area contributed by atoms with Crippen LogP contribution >= 0.6 is 0 Å². The number of aromatic nitrogens is 1. The Morgan fingerprint density at radius 3 is 2.65 bits per heavy atom. The number of nitrogens with zero attached hydrogens (tertiary/aromatic N) is 4. The van der Waals surface area contributed by atoms with Gasteiger partial charge in [-0.25, -0.2) is 9.37 Å². The van der Waals surface area contributed by atoms with Crippen LogP contribution in [0.4, 0.5) is 10.2 Å². The largest absolute Gasteiger partial charge is 0.370 e. The van der Waals surface area contributed by atoms with Gasteiger partial charge in [0.15, 0.2) is 0 Å². The van der Waals surface area contributed by atoms with Crippen molar-refractivity contribution in [1.82, 2.24) is 14.8 Å². The number of carbonyl (C=O) groups excluding carboxylic acids is 1. The van der Waals surface area contributed by atoms with Gasteiger partial charge >= 0.3 is 0 Å². The summed E-state index contributed by atoms with van der Waals surface area (Å²) in [5, 5.41) is 13.1. The number of hydrogen-bond donors (Lipinski definition) is 2. The van der Waals surface area contributed by atoms with E-state index in [-0.39, 0.29) is 24.2 Å². The number of primary amides is 1. The summed E-state index contributed by atoms with van der Waals surface area (Å²) in [4.78, 5) is 21.4. The first-order valence-electron chi connectivity index (χ1n) is 12.6. The minimum Gasteiger partial charge on any atom is -0.370 e. The van der Waals surface area contributed by atoms with E-state index in [1.54, 1.807) is 12.1 Å². The Bertz CT molecular complexity index is 1270. The number of carbonyl (C=O) groups is 1. The average molecular weight is 501 g/mol. The standard InChI is InChI=1S/C29H33FN6O/c1-35-15-17-36(18-16-35)27(11-12-28(32)37)25-9-10-26(24-8-3-2-6-22(24)20-31)34-29(25)33-14-13-21-5-4-7-23(30)19-21/h2-10,19,27H,11-18H2,1H3,(H2,32,37)(H,33,34). The quantitative estimate of drug-likeness (QED) is 0.437. The van der Waals surface area contributed by atoms with Gasteiger partial charge < -0.3 is 16.0 Å². The molecule has 0 bridgehead atoms. The molecule has 1 fully saturated rings. The number of nitrogens with one attached hydrogen (secondary N) is 1. The fourth-order valence-corrected chi connectivity index (χ4v) is 4.80. The summed E-state index contributed by atoms with van der Waals surface area (Å²) >= 11 is 0. The molecule has 2 heterocycles. The molecule has 1 saturated heterocycles. The molecule has 37 heavy (non-hydrogen) atoms. The van der Waals surface area contributed by atoms with Crippen molar-refractivity contribution in [2.24, 2.45) is 5.73 Å². The zero-order chi connectivity index (χ0) is 26.2. The van der Waals surface area contributed by atoms with Crippen LogP contribution in [0.5, 0.6) is 0 Å². The van der Waals surface area contributed by atoms with Crippen molar-refractivity contribution in [2.45, 2.75) is 25.3 Å². The van der Waals surface area contributed by atoms with Crippen molar-refractivity contribution in [1.29, 1.82) is 5.26 Å². The van der Waals surface area contributed by atoms with Gasteiger partial charge in [0.2, 0.25) is 5.91 Å². The first kappa shape index (κ1) is 26.3. The predicted molar refractivity (Wildman–Crippen MR) is 143 cm³/mol. The molecule has 1 aliphatic heterocycles. The predicted octanol–water partition coefficient (Wildman–Crippen LogP) is 3.97. The van der Waals surface area contributed by atoms with Gasteiger partial charge in [-0.1, -0.05) is 36.4 Å². The lowest BCUT2D eigenvalue weighted by Gasteiger charge is -2.38. The van der Waals surface area contributed by atoms with E-state index < -0.39 is 0 Å². The molecule has 4 rings (SSSR count). The Balaban J connectivity index is 1.68. The van der Waals surface area contributed by atoms with E-state index in [0.29, 0.717) is 36.5 Å². The van der Waals surface area contributed by atoms with Crippen molar-refractivity contribution >= 4 is 11.7 Å². The molecule has 1 atom stereocenters. The molecular formula is C29H33FN6O. The van der Waals surface area contributed by atoms with Crippen LogP contribution in [0.3, 0.4) is 0 Å². The number of benzene rings is 2. The van der Waals surface area contributed by atoms with E-state index in [1.165, 1.54) is 12.1 Å². The first-order chi connectivity index (χ1) is 17.9. The van der Waals surface area contributed by atoms with Crippen LogP contribution in [0.25, 0.3) is 11.3 Å². The van der Waals surface area contributed by atoms with E-state index in [2.05, 4.69) is 28.2 Å². The third-order valence-electron chi connectivity index (χ3n) is 6.85. The van der Waals surface area contributed by atoms with Crippen LogP contribution in [-0.2, 0) is 11.2 Å². The zero-order valence-electron chi connectivity index (χ0n) is 21.2. The second-order valence-electron chi connectivity index (χ2n) is 9.46. The Morgan fingerprint density at radius 2 is 1.92 bits per heavy atom. The lowest BCUT2D eigenvalue weighted by molar-refractivity contribution is -0.118. The molecule has 192 valence electrons. The summed E-state index contributed by atoms with van der Waals surface area (Å²) in [5.74, 6) is 0.121. The normalized spacial score (nSPS) is 15.2. The molecule has 0 aliphatic carbocycles. The molecule has 0 radical (unpaired) electrons. The van der Waals surface area contributed by atoms with E-state index >= 15 is 0 Å². The molecule has 1 aromatic heterocycles. The minimum absolute atomic E-state index is 0.0365. The molecule has 1 unspecified atom stereocenters. The number of nitriles is 1. The number of amides is 1. The van der Waals surface area contributed by atoms with Crippen molar-refractivity contribution in [3.05, 3.63) is 83.2 Å². The summed E-state index contributed by atoms with van der Waals surface area (Å²) in [6, 6.07) is 20.2. The van der Waals surface area contributed by atoms with Crippen LogP contribution in [0.2, 0.25) is 0 Å². The maximum Gasteiger partial charge on any atom is 0.217 e. The van der Waals surface area contributed by atoms with Crippen LogP contribution in [0, 0.1) is 17.1 Å². The maximum atomic E-state index is 13.7. The average Bonchev–Trinajstić information content (AvgIpc) is 2.90. The van der Waals surface area contributed by atoms with E-state index in [1.807, 2.05) is 36.4 Å². The number of anilines is 1. The molecule has 2 aromatic carbocycles. The van der Waals surface area contributed by atoms with Crippen LogP contribution in [-0.4, -0.2) is 60.5 Å². The summed E-state index contributed by atoms with van der Waals surface area (Å²) in [6.07, 6.45) is 1.49. The topological polar surface area (TPSA) is 98.3 Å². The Kier molecular flexibility index (Phi) is 8.83. The van der Waals surface area contributed by atoms with E-state index in [9.17, 15) is 14.4 Å². The van der Waals surface area contributed by atoms with Crippen molar-refractivity contribution in [2.75, 3.05) is 45.1 Å². The van der Waals surface area contributed by atoms with Gasteiger partial charge in [-0.05, 0) is 49.7 Å². The number of piperazine rings is 1. The monoisotopic (exact) mass is 500 g/mol. The van der Waals surface area contributed by atoms with Gasteiger partial charge in [0.1, 0.15) is 11.6 Å². The molecular weight excluding hydrogens is 467 g/mol. The third-order valence-corrected chi connectivity index (χ3v) is 6.85. The van der Waals surface area contributed by atoms with Gasteiger partial charge in [-0.15, -0.1) is 0 Å². The highest BCUT2D eigenvalue weighted by atomic mass is 19.1. The summed E-state index contributed by atoms with van der Waals surface area (Å²) in [6.45, 7) is 4.19. The number of halogens is 1. The number of hydrogen-bond acceptors (Lipinski definition) is 6. The number of likely N-dealkylation sites (N-methyl/N-ethyl adjacent to an activating group) is 1. The molecule has 1 aliphatic rings. The highest BCUT2D eigenvalue weighted by Crippen LogP contribution is 2.34. The fraction of sp³-hybridized carbons (Fsp3) is 0.345. The molecule has 0 spiro atoms. The summed E-state index contributed by atoms with van der Waals surface area (Å²) < 4.78 is 13.7. The third kappa shape index (κ3) is 6.91. The van der Waals surface area contributed by atoms with Crippen LogP contribution in [0.15, 0.2) is 60.7 Å². The highest BCUT2D eigenvalue weighted by Gasteiger charge is 2.27. The van der Waals surface area contributed by atoms with Gasteiger partial charge in [-0.2, -0.15) is 5.26 Å². The Hall–Kier alpha value is -3.80. The lowest BCUT2D eigenvalue weighted by Crippen LogP contribution is -2.46. The van der Waals surface area contributed by atoms with Gasteiger partial charge in [-0.3, -0.25) is 9.69 Å². The van der Waals surface area contributed by atoms with E-state index in [4.69, 9.17) is 10.7 Å². The van der Waals surface area contributed by atoms with Crippen molar-refractivity contribution in [3.8, 4) is 17.3 Å². The maximum absolute atomic E-state index is 13.7. The number of pyridine rings is 1. The first-order valence-corrected chi connectivity index (χ1v) is 12.6. The molecule has 1 amide bonds. The Labute approximate surface area is 217 Å².